The van der Waals surface area contributed by atoms with Crippen molar-refractivity contribution in [1.82, 2.24) is 24.3 Å². The minimum Gasteiger partial charge on any atom is -0.389 e. The highest BCUT2D eigenvalue weighted by Gasteiger charge is 2.19. The molecule has 4 rings (SSSR count). The predicted molar refractivity (Wildman–Crippen MR) is 117 cm³/mol. The summed E-state index contributed by atoms with van der Waals surface area (Å²) in [5.74, 6) is 0. The van der Waals surface area contributed by atoms with E-state index in [1.54, 1.807) is 36.9 Å². The Balaban J connectivity index is 2.03. The van der Waals surface area contributed by atoms with Crippen LogP contribution in [0.4, 0.5) is 0 Å². The number of hydrogen-bond donors (Lipinski definition) is 1. The first-order valence-electron chi connectivity index (χ1n) is 9.50. The summed E-state index contributed by atoms with van der Waals surface area (Å²) in [6.45, 7) is 5.39. The molecule has 7 nitrogen and oxygen atoms in total. The van der Waals surface area contributed by atoms with E-state index in [9.17, 15) is 9.90 Å². The molecule has 154 valence electrons. The lowest BCUT2D eigenvalue weighted by molar-refractivity contribution is 0.0603. The van der Waals surface area contributed by atoms with Crippen LogP contribution in [0.15, 0.2) is 47.8 Å². The molecule has 3 aromatic heterocycles. The van der Waals surface area contributed by atoms with Crippen LogP contribution in [0.3, 0.4) is 0 Å². The lowest BCUT2D eigenvalue weighted by Crippen LogP contribution is -2.33. The molecule has 0 aliphatic rings. The van der Waals surface area contributed by atoms with Gasteiger partial charge in [0.15, 0.2) is 0 Å². The monoisotopic (exact) mass is 423 g/mol. The fourth-order valence-corrected chi connectivity index (χ4v) is 3.72. The summed E-state index contributed by atoms with van der Waals surface area (Å²) in [6.07, 6.45) is 4.99. The van der Waals surface area contributed by atoms with Crippen molar-refractivity contribution in [1.29, 1.82) is 0 Å². The molecule has 0 aliphatic heterocycles. The molecule has 4 aromatic rings. The minimum absolute atomic E-state index is 0.134. The molecule has 0 amide bonds. The highest BCUT2D eigenvalue weighted by atomic mass is 35.5. The third-order valence-electron chi connectivity index (χ3n) is 4.81. The predicted octanol–water partition coefficient (Wildman–Crippen LogP) is 3.59. The Hall–Kier alpha value is -3.03. The summed E-state index contributed by atoms with van der Waals surface area (Å²) in [4.78, 5) is 22.6. The topological polar surface area (TPSA) is 85.8 Å². The normalized spacial score (nSPS) is 11.9. The number of fused-ring (bicyclic) bond motifs is 1. The number of aliphatic hydroxyl groups is 1. The molecule has 30 heavy (non-hydrogen) atoms. The number of benzene rings is 1. The lowest BCUT2D eigenvalue weighted by atomic mass is 10.0. The second-order valence-electron chi connectivity index (χ2n) is 8.10. The van der Waals surface area contributed by atoms with Crippen LogP contribution in [0.25, 0.3) is 33.4 Å². The van der Waals surface area contributed by atoms with E-state index in [1.807, 2.05) is 32.3 Å². The minimum atomic E-state index is -1.05. The van der Waals surface area contributed by atoms with Gasteiger partial charge in [-0.15, -0.1) is 0 Å². The molecular formula is C22H22ClN5O2. The lowest BCUT2D eigenvalue weighted by Gasteiger charge is -2.19. The molecule has 0 saturated heterocycles. The number of nitrogens with zero attached hydrogens (tertiary/aromatic N) is 5. The molecule has 1 aromatic carbocycles. The van der Waals surface area contributed by atoms with Gasteiger partial charge in [-0.1, -0.05) is 17.7 Å². The first-order valence-corrected chi connectivity index (χ1v) is 9.88. The third-order valence-corrected chi connectivity index (χ3v) is 5.05. The van der Waals surface area contributed by atoms with Gasteiger partial charge in [0.05, 0.1) is 35.8 Å². The van der Waals surface area contributed by atoms with Crippen molar-refractivity contribution in [2.24, 2.45) is 7.05 Å². The van der Waals surface area contributed by atoms with E-state index in [-0.39, 0.29) is 12.1 Å². The van der Waals surface area contributed by atoms with Crippen LogP contribution in [0.2, 0.25) is 5.02 Å². The average Bonchev–Trinajstić information content (AvgIpc) is 3.09. The molecule has 0 radical (unpaired) electrons. The van der Waals surface area contributed by atoms with Crippen LogP contribution < -0.4 is 5.56 Å². The summed E-state index contributed by atoms with van der Waals surface area (Å²) in [6, 6.07) is 7.31. The van der Waals surface area contributed by atoms with E-state index in [4.69, 9.17) is 16.6 Å². The van der Waals surface area contributed by atoms with Gasteiger partial charge in [-0.05, 0) is 44.5 Å². The van der Waals surface area contributed by atoms with Gasteiger partial charge >= 0.3 is 0 Å². The largest absolute Gasteiger partial charge is 0.389 e. The number of halogens is 1. The zero-order valence-electron chi connectivity index (χ0n) is 17.2. The first-order chi connectivity index (χ1) is 14.1. The highest BCUT2D eigenvalue weighted by molar-refractivity contribution is 6.30. The van der Waals surface area contributed by atoms with Crippen molar-refractivity contribution in [3.05, 3.63) is 63.9 Å². The van der Waals surface area contributed by atoms with Crippen LogP contribution in [-0.4, -0.2) is 35.0 Å². The van der Waals surface area contributed by atoms with Gasteiger partial charge in [-0.3, -0.25) is 14.0 Å². The second-order valence-corrected chi connectivity index (χ2v) is 8.54. The standard InChI is InChI=1S/C22H22ClN5O2/c1-13-7-15(23)5-6-16(13)18-8-17-20(19(26-18)14-9-25-27(4)10-14)24-12-28(21(17)29)11-22(2,3)30/h5-10,12,30H,11H2,1-4H3. The molecular weight excluding hydrogens is 402 g/mol. The molecule has 3 heterocycles. The average molecular weight is 424 g/mol. The van der Waals surface area contributed by atoms with E-state index in [0.29, 0.717) is 27.3 Å². The van der Waals surface area contributed by atoms with E-state index in [0.717, 1.165) is 16.7 Å². The van der Waals surface area contributed by atoms with E-state index >= 15 is 0 Å². The van der Waals surface area contributed by atoms with Crippen molar-refractivity contribution in [2.75, 3.05) is 0 Å². The van der Waals surface area contributed by atoms with Crippen molar-refractivity contribution in [2.45, 2.75) is 32.9 Å². The molecule has 0 aliphatic carbocycles. The molecule has 0 saturated carbocycles. The van der Waals surface area contributed by atoms with Crippen molar-refractivity contribution in [3.63, 3.8) is 0 Å². The number of pyridine rings is 1. The summed E-state index contributed by atoms with van der Waals surface area (Å²) in [7, 11) is 1.82. The molecule has 0 bridgehead atoms. The van der Waals surface area contributed by atoms with E-state index < -0.39 is 5.60 Å². The van der Waals surface area contributed by atoms with Crippen LogP contribution in [0, 0.1) is 6.92 Å². The zero-order chi connectivity index (χ0) is 21.6. The Morgan fingerprint density at radius 1 is 1.23 bits per heavy atom. The molecule has 0 spiro atoms. The van der Waals surface area contributed by atoms with Gasteiger partial charge < -0.3 is 5.11 Å². The van der Waals surface area contributed by atoms with Crippen molar-refractivity contribution in [3.8, 4) is 22.5 Å². The number of aryl methyl sites for hydroxylation is 2. The highest BCUT2D eigenvalue weighted by Crippen LogP contribution is 2.31. The molecule has 0 unspecified atom stereocenters. The third kappa shape index (κ3) is 3.86. The Morgan fingerprint density at radius 3 is 2.63 bits per heavy atom. The Morgan fingerprint density at radius 2 is 2.00 bits per heavy atom. The quantitative estimate of drug-likeness (QED) is 0.542. The van der Waals surface area contributed by atoms with Gasteiger partial charge in [0.2, 0.25) is 0 Å². The maximum Gasteiger partial charge on any atom is 0.261 e. The zero-order valence-corrected chi connectivity index (χ0v) is 18.0. The summed E-state index contributed by atoms with van der Waals surface area (Å²) in [5, 5.41) is 15.5. The van der Waals surface area contributed by atoms with Crippen molar-refractivity contribution >= 4 is 22.5 Å². The van der Waals surface area contributed by atoms with Gasteiger partial charge in [0.1, 0.15) is 11.2 Å². The van der Waals surface area contributed by atoms with Gasteiger partial charge in [-0.2, -0.15) is 5.10 Å². The van der Waals surface area contributed by atoms with Gasteiger partial charge in [0.25, 0.3) is 5.56 Å². The first kappa shape index (κ1) is 20.3. The van der Waals surface area contributed by atoms with Crippen LogP contribution in [0.5, 0.6) is 0 Å². The smallest absolute Gasteiger partial charge is 0.261 e. The number of rotatable bonds is 4. The second kappa shape index (κ2) is 7.34. The van der Waals surface area contributed by atoms with Gasteiger partial charge in [0, 0.05) is 29.4 Å². The Labute approximate surface area is 178 Å². The molecule has 0 atom stereocenters. The summed E-state index contributed by atoms with van der Waals surface area (Å²) < 4.78 is 3.10. The Bertz CT molecular complexity index is 1320. The molecule has 1 N–H and O–H groups in total. The molecule has 0 fully saturated rings. The van der Waals surface area contributed by atoms with Crippen LogP contribution >= 0.6 is 11.6 Å². The SMILES string of the molecule is Cc1cc(Cl)ccc1-c1cc2c(=O)n(CC(C)(C)O)cnc2c(-c2cnn(C)c2)n1. The summed E-state index contributed by atoms with van der Waals surface area (Å²) >= 11 is 6.12. The maximum absolute atomic E-state index is 13.3. The molecule has 8 heteroatoms. The van der Waals surface area contributed by atoms with Gasteiger partial charge in [-0.25, -0.2) is 9.97 Å². The summed E-state index contributed by atoms with van der Waals surface area (Å²) in [5.41, 5.74) is 3.04. The van der Waals surface area contributed by atoms with Crippen LogP contribution in [0.1, 0.15) is 19.4 Å². The van der Waals surface area contributed by atoms with Crippen molar-refractivity contribution < 1.29 is 5.11 Å². The number of hydrogen-bond acceptors (Lipinski definition) is 5. The maximum atomic E-state index is 13.3. The van der Waals surface area contributed by atoms with E-state index in [2.05, 4.69) is 10.1 Å². The van der Waals surface area contributed by atoms with Crippen LogP contribution in [-0.2, 0) is 13.6 Å². The number of aromatic nitrogens is 5. The Kier molecular flexibility index (Phi) is 4.95. The van der Waals surface area contributed by atoms with E-state index in [1.165, 1.54) is 10.9 Å². The fraction of sp³-hybridized carbons (Fsp3) is 0.273. The fourth-order valence-electron chi connectivity index (χ4n) is 3.49.